The number of rotatable bonds is 4. The average molecular weight is 298 g/mol. The number of aliphatic carboxylic acids is 1. The van der Waals surface area contributed by atoms with Gasteiger partial charge in [-0.15, -0.1) is 12.4 Å². The van der Waals surface area contributed by atoms with Crippen LogP contribution in [0.5, 0.6) is 0 Å². The highest BCUT2D eigenvalue weighted by molar-refractivity contribution is 5.85. The first-order valence-corrected chi connectivity index (χ1v) is 5.43. The molecule has 0 radical (unpaired) electrons. The molecule has 3 nitrogen and oxygen atoms in total. The molecule has 0 aliphatic heterocycles. The van der Waals surface area contributed by atoms with Gasteiger partial charge in [0.15, 0.2) is 0 Å². The summed E-state index contributed by atoms with van der Waals surface area (Å²) in [5.74, 6) is -2.70. The van der Waals surface area contributed by atoms with Gasteiger partial charge >= 0.3 is 12.1 Å². The van der Waals surface area contributed by atoms with Crippen LogP contribution in [0.3, 0.4) is 0 Å². The second-order valence-electron chi connectivity index (χ2n) is 3.97. The zero-order valence-corrected chi connectivity index (χ0v) is 11.0. The van der Waals surface area contributed by atoms with Gasteiger partial charge in [-0.05, 0) is 18.1 Å². The third-order valence-electron chi connectivity index (χ3n) is 2.77. The van der Waals surface area contributed by atoms with Crippen molar-refractivity contribution < 1.29 is 23.1 Å². The summed E-state index contributed by atoms with van der Waals surface area (Å²) >= 11 is 0. The van der Waals surface area contributed by atoms with Crippen molar-refractivity contribution in [3.05, 3.63) is 35.4 Å². The lowest BCUT2D eigenvalue weighted by Gasteiger charge is -2.22. The predicted molar refractivity (Wildman–Crippen MR) is 67.3 cm³/mol. The molecule has 0 aliphatic rings. The minimum Gasteiger partial charge on any atom is -0.481 e. The Morgan fingerprint density at radius 3 is 2.32 bits per heavy atom. The van der Waals surface area contributed by atoms with Gasteiger partial charge in [-0.25, -0.2) is 0 Å². The van der Waals surface area contributed by atoms with Gasteiger partial charge in [-0.1, -0.05) is 25.1 Å². The minimum absolute atomic E-state index is 0. The molecule has 3 N–H and O–H groups in total. The monoisotopic (exact) mass is 297 g/mol. The second kappa shape index (κ2) is 6.77. The highest BCUT2D eigenvalue weighted by Crippen LogP contribution is 2.36. The minimum atomic E-state index is -4.59. The van der Waals surface area contributed by atoms with E-state index in [1.54, 1.807) is 6.92 Å². The van der Waals surface area contributed by atoms with Crippen molar-refractivity contribution in [2.75, 3.05) is 0 Å². The number of hydrogen-bond donors (Lipinski definition) is 2. The molecule has 108 valence electrons. The topological polar surface area (TPSA) is 63.3 Å². The van der Waals surface area contributed by atoms with Gasteiger partial charge in [-0.3, -0.25) is 4.79 Å². The van der Waals surface area contributed by atoms with Crippen LogP contribution >= 0.6 is 12.4 Å². The molecular weight excluding hydrogens is 283 g/mol. The smallest absolute Gasteiger partial charge is 0.416 e. The Bertz CT molecular complexity index is 437. The normalized spacial score (nSPS) is 14.4. The fourth-order valence-corrected chi connectivity index (χ4v) is 1.81. The Balaban J connectivity index is 0.00000324. The number of nitrogens with two attached hydrogens (primary N) is 1. The molecule has 0 saturated carbocycles. The summed E-state index contributed by atoms with van der Waals surface area (Å²) in [7, 11) is 0. The van der Waals surface area contributed by atoms with Crippen LogP contribution in [-0.2, 0) is 11.0 Å². The first kappa shape index (κ1) is 17.7. The van der Waals surface area contributed by atoms with E-state index in [1.165, 1.54) is 12.1 Å². The average Bonchev–Trinajstić information content (AvgIpc) is 2.27. The Labute approximate surface area is 115 Å². The molecule has 19 heavy (non-hydrogen) atoms. The molecule has 1 rings (SSSR count). The third kappa shape index (κ3) is 4.11. The van der Waals surface area contributed by atoms with E-state index in [0.29, 0.717) is 0 Å². The van der Waals surface area contributed by atoms with Crippen LogP contribution in [-0.4, -0.2) is 17.1 Å². The molecule has 2 unspecified atom stereocenters. The summed E-state index contributed by atoms with van der Waals surface area (Å²) in [6.07, 6.45) is -4.30. The first-order chi connectivity index (χ1) is 8.29. The van der Waals surface area contributed by atoms with Crippen LogP contribution < -0.4 is 5.73 Å². The Morgan fingerprint density at radius 1 is 1.37 bits per heavy atom. The number of carboxylic acids is 1. The van der Waals surface area contributed by atoms with Gasteiger partial charge in [0.25, 0.3) is 0 Å². The molecule has 0 saturated heterocycles. The molecule has 0 fully saturated rings. The number of benzene rings is 1. The summed E-state index contributed by atoms with van der Waals surface area (Å²) in [5.41, 5.74) is 4.39. The first-order valence-electron chi connectivity index (χ1n) is 5.43. The van der Waals surface area contributed by atoms with E-state index in [-0.39, 0.29) is 24.4 Å². The van der Waals surface area contributed by atoms with Crippen molar-refractivity contribution in [1.29, 1.82) is 0 Å². The standard InChI is InChI=1S/C12H14F3NO2.ClH/c1-2-9(16)10(11(17)18)7-5-3-4-6-8(7)12(13,14)15;/h3-6,9-10H,2,16H2,1H3,(H,17,18);1H. The molecule has 1 aromatic carbocycles. The molecule has 0 spiro atoms. The zero-order valence-electron chi connectivity index (χ0n) is 10.1. The predicted octanol–water partition coefficient (Wildman–Crippen LogP) is 3.03. The molecule has 7 heteroatoms. The van der Waals surface area contributed by atoms with E-state index in [2.05, 4.69) is 0 Å². The van der Waals surface area contributed by atoms with E-state index in [9.17, 15) is 18.0 Å². The second-order valence-corrected chi connectivity index (χ2v) is 3.97. The summed E-state index contributed by atoms with van der Waals surface area (Å²) in [6.45, 7) is 1.64. The molecule has 0 aromatic heterocycles. The van der Waals surface area contributed by atoms with Crippen molar-refractivity contribution in [2.45, 2.75) is 31.5 Å². The van der Waals surface area contributed by atoms with Gasteiger partial charge in [0, 0.05) is 6.04 Å². The quantitative estimate of drug-likeness (QED) is 0.898. The van der Waals surface area contributed by atoms with Gasteiger partial charge in [0.05, 0.1) is 11.5 Å². The highest BCUT2D eigenvalue weighted by Gasteiger charge is 2.38. The van der Waals surface area contributed by atoms with Crippen LogP contribution in [0.4, 0.5) is 13.2 Å². The molecule has 0 amide bonds. The fourth-order valence-electron chi connectivity index (χ4n) is 1.81. The van der Waals surface area contributed by atoms with Crippen LogP contribution in [0.25, 0.3) is 0 Å². The van der Waals surface area contributed by atoms with Crippen molar-refractivity contribution in [3.8, 4) is 0 Å². The lowest BCUT2D eigenvalue weighted by Crippen LogP contribution is -2.34. The summed E-state index contributed by atoms with van der Waals surface area (Å²) < 4.78 is 38.4. The van der Waals surface area contributed by atoms with Crippen LogP contribution in [0.2, 0.25) is 0 Å². The van der Waals surface area contributed by atoms with Gasteiger partial charge in [0.1, 0.15) is 0 Å². The Morgan fingerprint density at radius 2 is 1.89 bits per heavy atom. The summed E-state index contributed by atoms with van der Waals surface area (Å²) in [4.78, 5) is 11.1. The maximum absolute atomic E-state index is 12.8. The molecule has 0 bridgehead atoms. The SMILES string of the molecule is CCC(N)C(C(=O)O)c1ccccc1C(F)(F)F.Cl. The molecule has 2 atom stereocenters. The summed E-state index contributed by atoms with van der Waals surface area (Å²) in [6, 6.07) is 3.78. The largest absolute Gasteiger partial charge is 0.481 e. The van der Waals surface area contributed by atoms with E-state index >= 15 is 0 Å². The van der Waals surface area contributed by atoms with E-state index in [4.69, 9.17) is 10.8 Å². The van der Waals surface area contributed by atoms with Crippen LogP contribution in [0, 0.1) is 0 Å². The Hall–Kier alpha value is -1.27. The van der Waals surface area contributed by atoms with Crippen molar-refractivity contribution in [3.63, 3.8) is 0 Å². The van der Waals surface area contributed by atoms with Crippen LogP contribution in [0.1, 0.15) is 30.4 Å². The lowest BCUT2D eigenvalue weighted by atomic mass is 9.87. The lowest BCUT2D eigenvalue weighted by molar-refractivity contribution is -0.142. The van der Waals surface area contributed by atoms with Gasteiger partial charge in [0.2, 0.25) is 0 Å². The maximum Gasteiger partial charge on any atom is 0.416 e. The van der Waals surface area contributed by atoms with Gasteiger partial charge < -0.3 is 10.8 Å². The highest BCUT2D eigenvalue weighted by atomic mass is 35.5. The maximum atomic E-state index is 12.8. The third-order valence-corrected chi connectivity index (χ3v) is 2.77. The van der Waals surface area contributed by atoms with Gasteiger partial charge in [-0.2, -0.15) is 13.2 Å². The van der Waals surface area contributed by atoms with Crippen molar-refractivity contribution in [1.82, 2.24) is 0 Å². The zero-order chi connectivity index (χ0) is 13.9. The van der Waals surface area contributed by atoms with E-state index < -0.39 is 29.7 Å². The molecule has 0 aliphatic carbocycles. The number of alkyl halides is 3. The van der Waals surface area contributed by atoms with E-state index in [1.807, 2.05) is 0 Å². The number of carboxylic acid groups (broad SMARTS) is 1. The van der Waals surface area contributed by atoms with E-state index in [0.717, 1.165) is 12.1 Å². The van der Waals surface area contributed by atoms with Crippen molar-refractivity contribution in [2.24, 2.45) is 5.73 Å². The summed E-state index contributed by atoms with van der Waals surface area (Å²) in [5, 5.41) is 9.07. The molecular formula is C12H15ClF3NO2. The number of halogens is 4. The number of carbonyl (C=O) groups is 1. The number of hydrogen-bond acceptors (Lipinski definition) is 2. The molecule has 1 aromatic rings. The molecule has 0 heterocycles. The van der Waals surface area contributed by atoms with Crippen molar-refractivity contribution >= 4 is 18.4 Å². The fraction of sp³-hybridized carbons (Fsp3) is 0.417. The Kier molecular flexibility index (Phi) is 6.32. The van der Waals surface area contributed by atoms with Crippen LogP contribution in [0.15, 0.2) is 24.3 Å².